The second-order valence-corrected chi connectivity index (χ2v) is 6.44. The molecule has 0 aliphatic carbocycles. The van der Waals surface area contributed by atoms with E-state index < -0.39 is 0 Å². The predicted octanol–water partition coefficient (Wildman–Crippen LogP) is 3.20. The fourth-order valence-electron chi connectivity index (χ4n) is 3.34. The van der Waals surface area contributed by atoms with Gasteiger partial charge in [-0.25, -0.2) is 5.01 Å². The molecule has 1 N–H and O–H groups in total. The van der Waals surface area contributed by atoms with Gasteiger partial charge in [0.15, 0.2) is 11.5 Å². The van der Waals surface area contributed by atoms with E-state index in [2.05, 4.69) is 5.43 Å². The number of fused-ring (bicyclic) bond motifs is 1. The van der Waals surface area contributed by atoms with E-state index in [1.807, 2.05) is 26.0 Å². The van der Waals surface area contributed by atoms with Crippen molar-refractivity contribution in [3.8, 4) is 11.5 Å². The SMILES string of the molecule is COc1ccc2c(c1OC)C(=O)N(NC(=O)c1ccccc1)C2C(C)C. The smallest absolute Gasteiger partial charge is 0.277 e. The van der Waals surface area contributed by atoms with Crippen LogP contribution >= 0.6 is 0 Å². The summed E-state index contributed by atoms with van der Waals surface area (Å²) in [6, 6.07) is 12.2. The Bertz CT molecular complexity index is 833. The topological polar surface area (TPSA) is 67.9 Å². The fourth-order valence-corrected chi connectivity index (χ4v) is 3.34. The fraction of sp³-hybridized carbons (Fsp3) is 0.300. The van der Waals surface area contributed by atoms with Crippen molar-refractivity contribution in [1.29, 1.82) is 0 Å². The summed E-state index contributed by atoms with van der Waals surface area (Å²) in [4.78, 5) is 25.7. The van der Waals surface area contributed by atoms with E-state index in [-0.39, 0.29) is 23.8 Å². The first-order valence-corrected chi connectivity index (χ1v) is 8.44. The van der Waals surface area contributed by atoms with Gasteiger partial charge in [-0.2, -0.15) is 0 Å². The summed E-state index contributed by atoms with van der Waals surface area (Å²) < 4.78 is 10.7. The lowest BCUT2D eigenvalue weighted by Crippen LogP contribution is -2.45. The number of carbonyl (C=O) groups excluding carboxylic acids is 2. The van der Waals surface area contributed by atoms with Crippen LogP contribution < -0.4 is 14.9 Å². The average Bonchev–Trinajstić information content (AvgIpc) is 2.93. The van der Waals surface area contributed by atoms with E-state index in [1.165, 1.54) is 19.2 Å². The number of nitrogens with zero attached hydrogens (tertiary/aromatic N) is 1. The Kier molecular flexibility index (Phi) is 4.84. The van der Waals surface area contributed by atoms with Gasteiger partial charge in [-0.05, 0) is 29.7 Å². The quantitative estimate of drug-likeness (QED) is 0.895. The summed E-state index contributed by atoms with van der Waals surface area (Å²) in [6.45, 7) is 4.01. The number of methoxy groups -OCH3 is 2. The number of rotatable bonds is 5. The van der Waals surface area contributed by atoms with Crippen molar-refractivity contribution in [2.75, 3.05) is 14.2 Å². The van der Waals surface area contributed by atoms with Gasteiger partial charge >= 0.3 is 0 Å². The minimum Gasteiger partial charge on any atom is -0.493 e. The van der Waals surface area contributed by atoms with Crippen molar-refractivity contribution in [3.05, 3.63) is 59.2 Å². The summed E-state index contributed by atoms with van der Waals surface area (Å²) in [6.07, 6.45) is 0. The molecule has 2 aromatic carbocycles. The van der Waals surface area contributed by atoms with Gasteiger partial charge in [0.05, 0.1) is 25.8 Å². The Morgan fingerprint density at radius 3 is 2.35 bits per heavy atom. The molecule has 136 valence electrons. The lowest BCUT2D eigenvalue weighted by molar-refractivity contribution is 0.0473. The highest BCUT2D eigenvalue weighted by molar-refractivity contribution is 6.04. The van der Waals surface area contributed by atoms with Crippen LogP contribution in [0.15, 0.2) is 42.5 Å². The number of hydrogen-bond acceptors (Lipinski definition) is 4. The second kappa shape index (κ2) is 7.07. The molecule has 2 aromatic rings. The first-order chi connectivity index (χ1) is 12.5. The Morgan fingerprint density at radius 1 is 1.08 bits per heavy atom. The maximum atomic E-state index is 13.1. The standard InChI is InChI=1S/C20H22N2O4/c1-12(2)17-14-10-11-15(25-3)18(26-4)16(14)20(24)22(17)21-19(23)13-8-6-5-7-9-13/h5-12,17H,1-4H3,(H,21,23). The zero-order valence-electron chi connectivity index (χ0n) is 15.3. The van der Waals surface area contributed by atoms with E-state index >= 15 is 0 Å². The van der Waals surface area contributed by atoms with Crippen molar-refractivity contribution < 1.29 is 19.1 Å². The third-order valence-electron chi connectivity index (χ3n) is 4.50. The molecule has 0 aromatic heterocycles. The minimum atomic E-state index is -0.330. The first-order valence-electron chi connectivity index (χ1n) is 8.44. The number of ether oxygens (including phenoxy) is 2. The summed E-state index contributed by atoms with van der Waals surface area (Å²) in [5.74, 6) is 0.326. The summed E-state index contributed by atoms with van der Waals surface area (Å²) >= 11 is 0. The normalized spacial score (nSPS) is 15.8. The molecule has 1 heterocycles. The highest BCUT2D eigenvalue weighted by Crippen LogP contribution is 2.45. The number of hydrazine groups is 1. The molecule has 1 aliphatic rings. The highest BCUT2D eigenvalue weighted by Gasteiger charge is 2.42. The Balaban J connectivity index is 2.01. The Labute approximate surface area is 152 Å². The third kappa shape index (κ3) is 2.87. The highest BCUT2D eigenvalue weighted by atomic mass is 16.5. The number of nitrogens with one attached hydrogen (secondary N) is 1. The van der Waals surface area contributed by atoms with Crippen molar-refractivity contribution >= 4 is 11.8 Å². The first kappa shape index (κ1) is 17.8. The van der Waals surface area contributed by atoms with Crippen LogP contribution in [0.3, 0.4) is 0 Å². The largest absolute Gasteiger partial charge is 0.493 e. The van der Waals surface area contributed by atoms with Crippen LogP contribution in [0.4, 0.5) is 0 Å². The predicted molar refractivity (Wildman–Crippen MR) is 97.2 cm³/mol. The van der Waals surface area contributed by atoms with Gasteiger partial charge in [0.2, 0.25) is 0 Å². The monoisotopic (exact) mass is 354 g/mol. The lowest BCUT2D eigenvalue weighted by atomic mass is 9.95. The van der Waals surface area contributed by atoms with E-state index in [9.17, 15) is 9.59 Å². The number of benzene rings is 2. The molecular formula is C20H22N2O4. The maximum Gasteiger partial charge on any atom is 0.277 e. The third-order valence-corrected chi connectivity index (χ3v) is 4.50. The van der Waals surface area contributed by atoms with Crippen molar-refractivity contribution in [1.82, 2.24) is 10.4 Å². The van der Waals surface area contributed by atoms with Crippen LogP contribution in [0, 0.1) is 5.92 Å². The molecule has 0 bridgehead atoms. The van der Waals surface area contributed by atoms with Crippen LogP contribution in [0.25, 0.3) is 0 Å². The van der Waals surface area contributed by atoms with E-state index in [0.717, 1.165) is 5.56 Å². The molecular weight excluding hydrogens is 332 g/mol. The molecule has 26 heavy (non-hydrogen) atoms. The van der Waals surface area contributed by atoms with E-state index in [1.54, 1.807) is 30.3 Å². The summed E-state index contributed by atoms with van der Waals surface area (Å²) in [7, 11) is 3.03. The second-order valence-electron chi connectivity index (χ2n) is 6.44. The van der Waals surface area contributed by atoms with Gasteiger partial charge in [0.25, 0.3) is 11.8 Å². The molecule has 0 spiro atoms. The van der Waals surface area contributed by atoms with Crippen LogP contribution in [-0.4, -0.2) is 31.0 Å². The van der Waals surface area contributed by atoms with E-state index in [4.69, 9.17) is 9.47 Å². The lowest BCUT2D eigenvalue weighted by Gasteiger charge is -2.28. The van der Waals surface area contributed by atoms with Gasteiger partial charge in [-0.1, -0.05) is 38.1 Å². The van der Waals surface area contributed by atoms with Crippen molar-refractivity contribution in [2.45, 2.75) is 19.9 Å². The van der Waals surface area contributed by atoms with Gasteiger partial charge in [0, 0.05) is 5.56 Å². The zero-order valence-corrected chi connectivity index (χ0v) is 15.3. The van der Waals surface area contributed by atoms with Crippen molar-refractivity contribution in [2.24, 2.45) is 5.92 Å². The Morgan fingerprint density at radius 2 is 1.77 bits per heavy atom. The molecule has 2 amide bonds. The molecule has 0 saturated carbocycles. The maximum absolute atomic E-state index is 13.1. The number of carbonyl (C=O) groups is 2. The molecule has 1 unspecified atom stereocenters. The molecule has 1 aliphatic heterocycles. The van der Waals surface area contributed by atoms with Gasteiger partial charge in [-0.3, -0.25) is 15.0 Å². The minimum absolute atomic E-state index is 0.0920. The Hall–Kier alpha value is -3.02. The van der Waals surface area contributed by atoms with Gasteiger partial charge in [0.1, 0.15) is 0 Å². The summed E-state index contributed by atoms with van der Waals surface area (Å²) in [5.41, 5.74) is 4.50. The zero-order chi connectivity index (χ0) is 18.8. The van der Waals surface area contributed by atoms with Crippen LogP contribution in [0.5, 0.6) is 11.5 Å². The number of hydrogen-bond donors (Lipinski definition) is 1. The summed E-state index contributed by atoms with van der Waals surface area (Å²) in [5, 5.41) is 1.40. The average molecular weight is 354 g/mol. The molecule has 3 rings (SSSR count). The molecule has 6 heteroatoms. The molecule has 6 nitrogen and oxygen atoms in total. The molecule has 0 fully saturated rings. The molecule has 0 saturated heterocycles. The molecule has 0 radical (unpaired) electrons. The molecule has 1 atom stereocenters. The van der Waals surface area contributed by atoms with Gasteiger partial charge in [-0.15, -0.1) is 0 Å². The van der Waals surface area contributed by atoms with E-state index in [0.29, 0.717) is 22.6 Å². The van der Waals surface area contributed by atoms with Crippen LogP contribution in [0.2, 0.25) is 0 Å². The van der Waals surface area contributed by atoms with Crippen molar-refractivity contribution in [3.63, 3.8) is 0 Å². The van der Waals surface area contributed by atoms with Crippen LogP contribution in [-0.2, 0) is 0 Å². The van der Waals surface area contributed by atoms with Crippen LogP contribution in [0.1, 0.15) is 46.2 Å². The van der Waals surface area contributed by atoms with Gasteiger partial charge < -0.3 is 9.47 Å². The number of amides is 2.